The third-order valence-corrected chi connectivity index (χ3v) is 0.845. The van der Waals surface area contributed by atoms with Gasteiger partial charge in [0.1, 0.15) is 0 Å². The molecular formula is C7H6F4. The lowest BCUT2D eigenvalue weighted by Gasteiger charge is -2.03. The van der Waals surface area contributed by atoms with Crippen LogP contribution in [0.5, 0.6) is 0 Å². The largest absolute Gasteiger partial charge is 0.415 e. The van der Waals surface area contributed by atoms with Crippen molar-refractivity contribution in [3.05, 3.63) is 36.7 Å². The van der Waals surface area contributed by atoms with Gasteiger partial charge in [-0.3, -0.25) is 0 Å². The fraction of sp³-hybridized carbons (Fsp3) is 0.143. The van der Waals surface area contributed by atoms with Gasteiger partial charge in [0.05, 0.1) is 6.33 Å². The molecule has 11 heavy (non-hydrogen) atoms. The molecule has 0 fully saturated rings. The first-order valence-electron chi connectivity index (χ1n) is 2.68. The van der Waals surface area contributed by atoms with Gasteiger partial charge < -0.3 is 0 Å². The van der Waals surface area contributed by atoms with E-state index in [0.29, 0.717) is 6.08 Å². The minimum atomic E-state index is -4.43. The van der Waals surface area contributed by atoms with Crippen molar-refractivity contribution < 1.29 is 17.6 Å². The molecule has 0 saturated carbocycles. The Morgan fingerprint density at radius 3 is 2.09 bits per heavy atom. The topological polar surface area (TPSA) is 0 Å². The lowest BCUT2D eigenvalue weighted by molar-refractivity contribution is -0.0878. The van der Waals surface area contributed by atoms with E-state index < -0.39 is 11.7 Å². The van der Waals surface area contributed by atoms with Gasteiger partial charge in [-0.05, 0) is 6.08 Å². The smallest absolute Gasteiger partial charge is 0.216 e. The van der Waals surface area contributed by atoms with Crippen LogP contribution in [0.4, 0.5) is 17.6 Å². The Hall–Kier alpha value is -1.06. The number of hydrogen-bond acceptors (Lipinski definition) is 0. The summed E-state index contributed by atoms with van der Waals surface area (Å²) >= 11 is 0. The van der Waals surface area contributed by atoms with Crippen LogP contribution in [0.15, 0.2) is 36.7 Å². The van der Waals surface area contributed by atoms with E-state index in [1.54, 1.807) is 0 Å². The van der Waals surface area contributed by atoms with Gasteiger partial charge in [0.15, 0.2) is 0 Å². The van der Waals surface area contributed by atoms with E-state index in [0.717, 1.165) is 12.2 Å². The molecule has 4 heteroatoms. The number of halogens is 4. The van der Waals surface area contributed by atoms with Crippen LogP contribution in [0.1, 0.15) is 0 Å². The van der Waals surface area contributed by atoms with Crippen LogP contribution in [0.3, 0.4) is 0 Å². The molecule has 0 nitrogen and oxygen atoms in total. The van der Waals surface area contributed by atoms with Crippen LogP contribution in [0.2, 0.25) is 0 Å². The van der Waals surface area contributed by atoms with Crippen molar-refractivity contribution in [1.82, 2.24) is 0 Å². The highest BCUT2D eigenvalue weighted by Gasteiger charge is 2.29. The lowest BCUT2D eigenvalue weighted by atomic mass is 10.3. The number of allylic oxidation sites excluding steroid dienone is 4. The number of alkyl halides is 3. The predicted octanol–water partition coefficient (Wildman–Crippen LogP) is 3.14. The van der Waals surface area contributed by atoms with Crippen molar-refractivity contribution in [2.24, 2.45) is 0 Å². The maximum absolute atomic E-state index is 11.6. The monoisotopic (exact) mass is 166 g/mol. The van der Waals surface area contributed by atoms with Crippen molar-refractivity contribution in [2.45, 2.75) is 6.18 Å². The average Bonchev–Trinajstić information content (AvgIpc) is 1.86. The Kier molecular flexibility index (Phi) is 3.57. The SMILES string of the molecule is C=C(/C=C\C=C/F)C(F)(F)F. The van der Waals surface area contributed by atoms with Gasteiger partial charge in [0.25, 0.3) is 0 Å². The summed E-state index contributed by atoms with van der Waals surface area (Å²) in [6, 6.07) is 0. The quantitative estimate of drug-likeness (QED) is 0.436. The zero-order chi connectivity index (χ0) is 8.91. The summed E-state index contributed by atoms with van der Waals surface area (Å²) in [4.78, 5) is 0. The molecule has 0 aromatic carbocycles. The molecule has 0 amide bonds. The van der Waals surface area contributed by atoms with Crippen LogP contribution < -0.4 is 0 Å². The molecule has 0 heterocycles. The summed E-state index contributed by atoms with van der Waals surface area (Å²) in [5, 5.41) is 0. The maximum Gasteiger partial charge on any atom is 0.415 e. The molecule has 0 aromatic heterocycles. The average molecular weight is 166 g/mol. The van der Waals surface area contributed by atoms with E-state index >= 15 is 0 Å². The Balaban J connectivity index is 4.08. The van der Waals surface area contributed by atoms with Gasteiger partial charge >= 0.3 is 6.18 Å². The second-order valence-electron chi connectivity index (χ2n) is 1.70. The maximum atomic E-state index is 11.6. The van der Waals surface area contributed by atoms with Gasteiger partial charge in [-0.25, -0.2) is 4.39 Å². The normalized spacial score (nSPS) is 13.1. The van der Waals surface area contributed by atoms with Crippen molar-refractivity contribution in [1.29, 1.82) is 0 Å². The van der Waals surface area contributed by atoms with Gasteiger partial charge in [-0.1, -0.05) is 18.7 Å². The first kappa shape index (κ1) is 9.94. The summed E-state index contributed by atoms with van der Waals surface area (Å²) in [7, 11) is 0. The van der Waals surface area contributed by atoms with Gasteiger partial charge in [-0.2, -0.15) is 13.2 Å². The van der Waals surface area contributed by atoms with Crippen LogP contribution in [-0.2, 0) is 0 Å². The summed E-state index contributed by atoms with van der Waals surface area (Å²) in [5.41, 5.74) is -1.00. The molecule has 0 atom stereocenters. The molecular weight excluding hydrogens is 160 g/mol. The van der Waals surface area contributed by atoms with Crippen LogP contribution in [0, 0.1) is 0 Å². The molecule has 0 rings (SSSR count). The second kappa shape index (κ2) is 3.95. The first-order valence-corrected chi connectivity index (χ1v) is 2.68. The standard InChI is InChI=1S/C7H6F4/c1-6(7(9,10)11)4-2-3-5-8/h2-5H,1H2/b4-2-,5-3-. The van der Waals surface area contributed by atoms with Crippen LogP contribution in [-0.4, -0.2) is 6.18 Å². The van der Waals surface area contributed by atoms with Gasteiger partial charge in [-0.15, -0.1) is 0 Å². The minimum Gasteiger partial charge on any atom is -0.216 e. The van der Waals surface area contributed by atoms with E-state index in [4.69, 9.17) is 0 Å². The Labute approximate surface area is 61.5 Å². The number of hydrogen-bond donors (Lipinski definition) is 0. The van der Waals surface area contributed by atoms with Crippen molar-refractivity contribution in [3.63, 3.8) is 0 Å². The Bertz CT molecular complexity index is 185. The molecule has 0 aliphatic rings. The molecule has 0 N–H and O–H groups in total. The van der Waals surface area contributed by atoms with E-state index in [2.05, 4.69) is 6.58 Å². The highest BCUT2D eigenvalue weighted by molar-refractivity contribution is 5.22. The van der Waals surface area contributed by atoms with E-state index in [1.165, 1.54) is 0 Å². The van der Waals surface area contributed by atoms with E-state index in [-0.39, 0.29) is 6.33 Å². The fourth-order valence-corrected chi connectivity index (χ4v) is 0.308. The van der Waals surface area contributed by atoms with Gasteiger partial charge in [0, 0.05) is 5.57 Å². The highest BCUT2D eigenvalue weighted by Crippen LogP contribution is 2.24. The highest BCUT2D eigenvalue weighted by atomic mass is 19.4. The molecule has 0 saturated heterocycles. The van der Waals surface area contributed by atoms with Crippen LogP contribution >= 0.6 is 0 Å². The minimum absolute atomic E-state index is 0.139. The Morgan fingerprint density at radius 2 is 1.73 bits per heavy atom. The summed E-state index contributed by atoms with van der Waals surface area (Å²) in [6.07, 6.45) is -1.83. The van der Waals surface area contributed by atoms with Gasteiger partial charge in [0.2, 0.25) is 0 Å². The third kappa shape index (κ3) is 4.36. The second-order valence-corrected chi connectivity index (χ2v) is 1.70. The van der Waals surface area contributed by atoms with Crippen LogP contribution in [0.25, 0.3) is 0 Å². The molecule has 0 aromatic rings. The predicted molar refractivity (Wildman–Crippen MR) is 34.6 cm³/mol. The van der Waals surface area contributed by atoms with Crippen molar-refractivity contribution in [2.75, 3.05) is 0 Å². The first-order chi connectivity index (χ1) is 4.98. The van der Waals surface area contributed by atoms with E-state index in [9.17, 15) is 17.6 Å². The molecule has 62 valence electrons. The fourth-order valence-electron chi connectivity index (χ4n) is 0.308. The molecule has 0 aliphatic heterocycles. The van der Waals surface area contributed by atoms with Crippen molar-refractivity contribution >= 4 is 0 Å². The lowest BCUT2D eigenvalue weighted by Crippen LogP contribution is -2.08. The summed E-state index contributed by atoms with van der Waals surface area (Å²) in [6.45, 7) is 2.73. The van der Waals surface area contributed by atoms with Crippen molar-refractivity contribution in [3.8, 4) is 0 Å². The van der Waals surface area contributed by atoms with E-state index in [1.807, 2.05) is 0 Å². The molecule has 0 aliphatic carbocycles. The molecule has 0 bridgehead atoms. The Morgan fingerprint density at radius 1 is 1.18 bits per heavy atom. The molecule has 0 spiro atoms. The third-order valence-electron chi connectivity index (χ3n) is 0.845. The number of rotatable bonds is 2. The zero-order valence-electron chi connectivity index (χ0n) is 5.53. The zero-order valence-corrected chi connectivity index (χ0v) is 5.53. The summed E-state index contributed by atoms with van der Waals surface area (Å²) in [5.74, 6) is 0. The molecule has 0 radical (unpaired) electrons. The molecule has 0 unspecified atom stereocenters. The summed E-state index contributed by atoms with van der Waals surface area (Å²) < 4.78 is 46.0.